The molecular weight excluding hydrogens is 342 g/mol. The first kappa shape index (κ1) is 17.4. The van der Waals surface area contributed by atoms with Crippen molar-refractivity contribution in [2.75, 3.05) is 20.2 Å². The van der Waals surface area contributed by atoms with Gasteiger partial charge in [0.15, 0.2) is 11.5 Å². The quantitative estimate of drug-likeness (QED) is 0.605. The molecule has 0 spiro atoms. The predicted molar refractivity (Wildman–Crippen MR) is 92.4 cm³/mol. The first-order chi connectivity index (χ1) is 12.0. The molecule has 0 aliphatic carbocycles. The molecule has 25 heavy (non-hydrogen) atoms. The molecule has 1 heterocycles. The maximum atomic E-state index is 12.6. The average molecular weight is 361 g/mol. The molecule has 1 fully saturated rings. The normalized spacial score (nSPS) is 15.1. The van der Waals surface area contributed by atoms with Gasteiger partial charge in [-0.15, -0.1) is 0 Å². The van der Waals surface area contributed by atoms with Gasteiger partial charge in [-0.3, -0.25) is 0 Å². The summed E-state index contributed by atoms with van der Waals surface area (Å²) in [6.07, 6.45) is 1.71. The lowest BCUT2D eigenvalue weighted by molar-refractivity contribution is 0.0729. The van der Waals surface area contributed by atoms with Crippen molar-refractivity contribution in [1.82, 2.24) is 4.31 Å². The van der Waals surface area contributed by atoms with Crippen LogP contribution in [0.4, 0.5) is 0 Å². The number of sulfonamides is 1. The van der Waals surface area contributed by atoms with Gasteiger partial charge in [0.05, 0.1) is 17.6 Å². The fraction of sp³-hybridized carbons (Fsp3) is 0.278. The molecule has 132 valence electrons. The molecule has 1 saturated heterocycles. The lowest BCUT2D eigenvalue weighted by Gasteiger charge is -2.16. The van der Waals surface area contributed by atoms with Crippen LogP contribution in [0, 0.1) is 0 Å². The minimum atomic E-state index is -3.58. The summed E-state index contributed by atoms with van der Waals surface area (Å²) < 4.78 is 37.2. The monoisotopic (exact) mass is 361 g/mol. The number of ether oxygens (including phenoxy) is 2. The Morgan fingerprint density at radius 2 is 1.68 bits per heavy atom. The van der Waals surface area contributed by atoms with E-state index in [0.717, 1.165) is 12.8 Å². The second-order valence-corrected chi connectivity index (χ2v) is 7.62. The molecule has 2 aromatic carbocycles. The van der Waals surface area contributed by atoms with Gasteiger partial charge in [0.2, 0.25) is 10.0 Å². The van der Waals surface area contributed by atoms with E-state index in [-0.39, 0.29) is 16.2 Å². The Labute approximate surface area is 147 Å². The largest absolute Gasteiger partial charge is 0.493 e. The number of benzene rings is 2. The van der Waals surface area contributed by atoms with Crippen LogP contribution < -0.4 is 9.47 Å². The van der Waals surface area contributed by atoms with Gasteiger partial charge in [-0.25, -0.2) is 13.2 Å². The van der Waals surface area contributed by atoms with Crippen molar-refractivity contribution in [3.05, 3.63) is 54.1 Å². The second kappa shape index (κ2) is 7.25. The number of carbonyl (C=O) groups is 1. The Kier molecular flexibility index (Phi) is 5.06. The molecule has 0 N–H and O–H groups in total. The highest BCUT2D eigenvalue weighted by Crippen LogP contribution is 2.27. The Balaban J connectivity index is 1.85. The van der Waals surface area contributed by atoms with Crippen molar-refractivity contribution in [2.24, 2.45) is 0 Å². The number of rotatable bonds is 5. The van der Waals surface area contributed by atoms with Crippen molar-refractivity contribution < 1.29 is 22.7 Å². The third-order valence-corrected chi connectivity index (χ3v) is 5.94. The number of carbonyl (C=O) groups excluding carboxylic acids is 1. The number of para-hydroxylation sites is 2. The van der Waals surface area contributed by atoms with Crippen LogP contribution in [0.15, 0.2) is 53.4 Å². The van der Waals surface area contributed by atoms with Crippen molar-refractivity contribution in [3.63, 3.8) is 0 Å². The zero-order valence-electron chi connectivity index (χ0n) is 13.8. The SMILES string of the molecule is COc1ccccc1OC(=O)c1cccc(S(=O)(=O)N2CCCC2)c1. The summed E-state index contributed by atoms with van der Waals surface area (Å²) in [7, 11) is -2.10. The van der Waals surface area contributed by atoms with E-state index in [1.54, 1.807) is 30.3 Å². The highest BCUT2D eigenvalue weighted by atomic mass is 32.2. The fourth-order valence-corrected chi connectivity index (χ4v) is 4.29. The smallest absolute Gasteiger partial charge is 0.343 e. The number of methoxy groups -OCH3 is 1. The van der Waals surface area contributed by atoms with E-state index in [4.69, 9.17) is 9.47 Å². The lowest BCUT2D eigenvalue weighted by Crippen LogP contribution is -2.28. The molecule has 0 atom stereocenters. The second-order valence-electron chi connectivity index (χ2n) is 5.68. The number of nitrogens with zero attached hydrogens (tertiary/aromatic N) is 1. The molecule has 0 bridgehead atoms. The van der Waals surface area contributed by atoms with Crippen LogP contribution in [0.5, 0.6) is 11.5 Å². The Morgan fingerprint density at radius 3 is 2.36 bits per heavy atom. The molecule has 3 rings (SSSR count). The van der Waals surface area contributed by atoms with E-state index in [0.29, 0.717) is 18.8 Å². The van der Waals surface area contributed by atoms with Crippen LogP contribution in [0.25, 0.3) is 0 Å². The zero-order valence-corrected chi connectivity index (χ0v) is 14.7. The van der Waals surface area contributed by atoms with Gasteiger partial charge in [0.25, 0.3) is 0 Å². The van der Waals surface area contributed by atoms with E-state index in [2.05, 4.69) is 0 Å². The van der Waals surface area contributed by atoms with Crippen molar-refractivity contribution in [3.8, 4) is 11.5 Å². The van der Waals surface area contributed by atoms with Crippen molar-refractivity contribution in [2.45, 2.75) is 17.7 Å². The van der Waals surface area contributed by atoms with Gasteiger partial charge in [-0.05, 0) is 43.2 Å². The maximum Gasteiger partial charge on any atom is 0.343 e. The summed E-state index contributed by atoms with van der Waals surface area (Å²) in [4.78, 5) is 12.5. The molecular formula is C18H19NO5S. The van der Waals surface area contributed by atoms with E-state index in [1.165, 1.54) is 29.6 Å². The Hall–Kier alpha value is -2.38. The molecule has 0 unspecified atom stereocenters. The molecule has 0 aromatic heterocycles. The summed E-state index contributed by atoms with van der Waals surface area (Å²) in [5, 5.41) is 0. The van der Waals surface area contributed by atoms with Gasteiger partial charge >= 0.3 is 5.97 Å². The molecule has 1 aliphatic rings. The minimum absolute atomic E-state index is 0.101. The van der Waals surface area contributed by atoms with E-state index in [9.17, 15) is 13.2 Å². The van der Waals surface area contributed by atoms with E-state index < -0.39 is 16.0 Å². The predicted octanol–water partition coefficient (Wildman–Crippen LogP) is 2.70. The first-order valence-corrected chi connectivity index (χ1v) is 9.42. The van der Waals surface area contributed by atoms with Gasteiger partial charge in [-0.1, -0.05) is 18.2 Å². The summed E-state index contributed by atoms with van der Waals surface area (Å²) in [5.41, 5.74) is 0.172. The molecule has 7 heteroatoms. The summed E-state index contributed by atoms with van der Waals surface area (Å²) in [6, 6.07) is 12.7. The van der Waals surface area contributed by atoms with Gasteiger partial charge < -0.3 is 9.47 Å². The van der Waals surface area contributed by atoms with Crippen molar-refractivity contribution >= 4 is 16.0 Å². The number of hydrogen-bond donors (Lipinski definition) is 0. The van der Waals surface area contributed by atoms with Crippen LogP contribution in [0.3, 0.4) is 0 Å². The number of hydrogen-bond acceptors (Lipinski definition) is 5. The van der Waals surface area contributed by atoms with Gasteiger partial charge in [-0.2, -0.15) is 4.31 Å². The fourth-order valence-electron chi connectivity index (χ4n) is 2.72. The highest BCUT2D eigenvalue weighted by Gasteiger charge is 2.27. The lowest BCUT2D eigenvalue weighted by atomic mass is 10.2. The third kappa shape index (κ3) is 3.67. The number of esters is 1. The van der Waals surface area contributed by atoms with E-state index in [1.807, 2.05) is 0 Å². The molecule has 0 saturated carbocycles. The molecule has 1 aliphatic heterocycles. The van der Waals surface area contributed by atoms with Crippen LogP contribution in [-0.2, 0) is 10.0 Å². The highest BCUT2D eigenvalue weighted by molar-refractivity contribution is 7.89. The third-order valence-electron chi connectivity index (χ3n) is 4.04. The summed E-state index contributed by atoms with van der Waals surface area (Å²) in [6.45, 7) is 1.02. The van der Waals surface area contributed by atoms with Gasteiger partial charge in [0.1, 0.15) is 0 Å². The Morgan fingerprint density at radius 1 is 1.00 bits per heavy atom. The van der Waals surface area contributed by atoms with Crippen LogP contribution in [0.2, 0.25) is 0 Å². The topological polar surface area (TPSA) is 72.9 Å². The van der Waals surface area contributed by atoms with Crippen LogP contribution in [0.1, 0.15) is 23.2 Å². The van der Waals surface area contributed by atoms with Crippen LogP contribution >= 0.6 is 0 Å². The molecule has 2 aromatic rings. The minimum Gasteiger partial charge on any atom is -0.493 e. The molecule has 6 nitrogen and oxygen atoms in total. The zero-order chi connectivity index (χ0) is 17.9. The standard InChI is InChI=1S/C18H19NO5S/c1-23-16-9-2-3-10-17(16)24-18(20)14-7-6-8-15(13-14)25(21,22)19-11-4-5-12-19/h2-3,6-10,13H,4-5,11-12H2,1H3. The van der Waals surface area contributed by atoms with E-state index >= 15 is 0 Å². The summed E-state index contributed by atoms with van der Waals surface area (Å²) in [5.74, 6) is 0.0717. The molecule has 0 radical (unpaired) electrons. The Bertz CT molecular complexity index is 873. The maximum absolute atomic E-state index is 12.6. The first-order valence-electron chi connectivity index (χ1n) is 7.98. The average Bonchev–Trinajstić information content (AvgIpc) is 3.18. The van der Waals surface area contributed by atoms with Gasteiger partial charge in [0, 0.05) is 13.1 Å². The summed E-state index contributed by atoms with van der Waals surface area (Å²) >= 11 is 0. The van der Waals surface area contributed by atoms with Crippen LogP contribution in [-0.4, -0.2) is 38.9 Å². The van der Waals surface area contributed by atoms with Crippen molar-refractivity contribution in [1.29, 1.82) is 0 Å². The molecule has 0 amide bonds.